The first-order valence-corrected chi connectivity index (χ1v) is 10.5. The molecule has 0 spiro atoms. The van der Waals surface area contributed by atoms with Crippen LogP contribution in [-0.4, -0.2) is 34.8 Å². The van der Waals surface area contributed by atoms with Gasteiger partial charge in [-0.1, -0.05) is 42.5 Å². The predicted octanol–water partition coefficient (Wildman–Crippen LogP) is 4.38. The minimum Gasteiger partial charge on any atom is -0.505 e. The highest BCUT2D eigenvalue weighted by molar-refractivity contribution is 9.10. The maximum Gasteiger partial charge on any atom is 0.360 e. The van der Waals surface area contributed by atoms with Gasteiger partial charge >= 0.3 is 5.97 Å². The second kappa shape index (κ2) is 8.84. The third-order valence-electron chi connectivity index (χ3n) is 5.14. The number of aromatic hydroxyl groups is 1. The highest BCUT2D eigenvalue weighted by atomic mass is 79.9. The fourth-order valence-electron chi connectivity index (χ4n) is 3.53. The highest BCUT2D eigenvalue weighted by Gasteiger charge is 2.23. The molecule has 4 rings (SSSR count). The van der Waals surface area contributed by atoms with E-state index in [1.165, 1.54) is 11.7 Å². The molecule has 162 valence electrons. The van der Waals surface area contributed by atoms with Crippen LogP contribution in [0.4, 0.5) is 0 Å². The number of hydrogen-bond donors (Lipinski definition) is 1. The maximum atomic E-state index is 13.6. The van der Waals surface area contributed by atoms with Gasteiger partial charge in [-0.2, -0.15) is 0 Å². The number of pyridine rings is 2. The summed E-state index contributed by atoms with van der Waals surface area (Å²) >= 11 is 3.37. The van der Waals surface area contributed by atoms with Crippen LogP contribution in [0, 0.1) is 0 Å². The average Bonchev–Trinajstić information content (AvgIpc) is 2.82. The topological polar surface area (TPSA) is 90.7 Å². The fourth-order valence-corrected chi connectivity index (χ4v) is 4.14. The monoisotopic (exact) mass is 494 g/mol. The molecule has 0 aliphatic rings. The molecule has 2 aromatic heterocycles. The minimum atomic E-state index is -0.781. The summed E-state index contributed by atoms with van der Waals surface area (Å²) in [4.78, 5) is 29.9. The lowest BCUT2D eigenvalue weighted by atomic mass is 10.0. The van der Waals surface area contributed by atoms with Crippen molar-refractivity contribution >= 4 is 32.8 Å². The highest BCUT2D eigenvalue weighted by Crippen LogP contribution is 2.34. The van der Waals surface area contributed by atoms with Gasteiger partial charge in [-0.3, -0.25) is 4.79 Å². The normalized spacial score (nSPS) is 10.8. The van der Waals surface area contributed by atoms with Crippen LogP contribution >= 0.6 is 15.9 Å². The lowest BCUT2D eigenvalue weighted by Gasteiger charge is -2.16. The first-order valence-electron chi connectivity index (χ1n) is 9.67. The van der Waals surface area contributed by atoms with E-state index in [9.17, 15) is 14.7 Å². The predicted molar refractivity (Wildman–Crippen MR) is 124 cm³/mol. The number of hydrogen-bond acceptors (Lipinski definition) is 6. The lowest BCUT2D eigenvalue weighted by Crippen LogP contribution is -2.24. The molecule has 0 amide bonds. The molecule has 2 heterocycles. The number of nitrogens with zero attached hydrogens (tertiary/aromatic N) is 2. The summed E-state index contributed by atoms with van der Waals surface area (Å²) in [7, 11) is 2.77. The van der Waals surface area contributed by atoms with Gasteiger partial charge in [0.1, 0.15) is 10.4 Å². The van der Waals surface area contributed by atoms with E-state index in [0.29, 0.717) is 27.8 Å². The van der Waals surface area contributed by atoms with E-state index < -0.39 is 5.97 Å². The Kier molecular flexibility index (Phi) is 5.96. The number of halogens is 1. The van der Waals surface area contributed by atoms with Crippen LogP contribution in [0.25, 0.3) is 22.0 Å². The Morgan fingerprint density at radius 3 is 2.41 bits per heavy atom. The molecule has 1 N–H and O–H groups in total. The number of ether oxygens (including phenoxy) is 2. The Bertz CT molecular complexity index is 1370. The quantitative estimate of drug-likeness (QED) is 0.327. The smallest absolute Gasteiger partial charge is 0.360 e. The second-order valence-electron chi connectivity index (χ2n) is 7.02. The van der Waals surface area contributed by atoms with Crippen molar-refractivity contribution in [3.8, 4) is 22.6 Å². The summed E-state index contributed by atoms with van der Waals surface area (Å²) in [6.07, 6.45) is 0. The summed E-state index contributed by atoms with van der Waals surface area (Å²) in [6.45, 7) is 0.247. The molecule has 0 aliphatic carbocycles. The van der Waals surface area contributed by atoms with Gasteiger partial charge in [0.05, 0.1) is 26.3 Å². The van der Waals surface area contributed by atoms with Crippen LogP contribution in [0.3, 0.4) is 0 Å². The van der Waals surface area contributed by atoms with Crippen LogP contribution in [0.15, 0.2) is 70.1 Å². The molecule has 32 heavy (non-hydrogen) atoms. The van der Waals surface area contributed by atoms with Crippen molar-refractivity contribution in [2.24, 2.45) is 0 Å². The molecule has 2 aromatic carbocycles. The number of fused-ring (bicyclic) bond motifs is 1. The molecule has 0 saturated carbocycles. The van der Waals surface area contributed by atoms with Gasteiger partial charge in [-0.25, -0.2) is 9.78 Å². The molecule has 4 aromatic rings. The molecular weight excluding hydrogens is 476 g/mol. The van der Waals surface area contributed by atoms with E-state index in [1.54, 1.807) is 37.4 Å². The average molecular weight is 495 g/mol. The third kappa shape index (κ3) is 3.85. The van der Waals surface area contributed by atoms with Crippen molar-refractivity contribution in [1.82, 2.24) is 9.55 Å². The maximum absolute atomic E-state index is 13.6. The standard InChI is InChI=1S/C24H19BrN2O5/c1-31-16-10-8-15(9-11-16)17-12-18-20(22(25)26-19(21(18)28)24(30)32-2)27(23(17)29)13-14-6-4-3-5-7-14/h3-12,28H,13H2,1-2H3. The van der Waals surface area contributed by atoms with Gasteiger partial charge < -0.3 is 19.1 Å². The van der Waals surface area contributed by atoms with Gasteiger partial charge in [-0.05, 0) is 45.3 Å². The molecule has 0 atom stereocenters. The van der Waals surface area contributed by atoms with Crippen molar-refractivity contribution in [2.75, 3.05) is 14.2 Å². The SMILES string of the molecule is COC(=O)c1nc(Br)c2c(cc(-c3ccc(OC)cc3)c(=O)n2Cc2ccccc2)c1O. The lowest BCUT2D eigenvalue weighted by molar-refractivity contribution is 0.0590. The molecule has 0 bridgehead atoms. The fraction of sp³-hybridized carbons (Fsp3) is 0.125. The summed E-state index contributed by atoms with van der Waals surface area (Å²) in [6, 6.07) is 18.1. The van der Waals surface area contributed by atoms with Crippen LogP contribution in [0.2, 0.25) is 0 Å². The minimum absolute atomic E-state index is 0.238. The van der Waals surface area contributed by atoms with Crippen LogP contribution in [0.1, 0.15) is 16.1 Å². The molecule has 8 heteroatoms. The van der Waals surface area contributed by atoms with Crippen molar-refractivity contribution < 1.29 is 19.4 Å². The second-order valence-corrected chi connectivity index (χ2v) is 7.77. The van der Waals surface area contributed by atoms with Gasteiger partial charge in [0, 0.05) is 10.9 Å². The third-order valence-corrected chi connectivity index (χ3v) is 5.69. The number of rotatable bonds is 5. The van der Waals surface area contributed by atoms with Gasteiger partial charge in [-0.15, -0.1) is 0 Å². The van der Waals surface area contributed by atoms with Crippen LogP contribution in [-0.2, 0) is 11.3 Å². The summed E-state index contributed by atoms with van der Waals surface area (Å²) in [5, 5.41) is 11.2. The van der Waals surface area contributed by atoms with E-state index in [0.717, 1.165) is 5.56 Å². The molecular formula is C24H19BrN2O5. The summed E-state index contributed by atoms with van der Waals surface area (Å²) in [5.41, 5.74) is 1.77. The Balaban J connectivity index is 2.05. The van der Waals surface area contributed by atoms with Crippen molar-refractivity contribution in [2.45, 2.75) is 6.54 Å². The van der Waals surface area contributed by atoms with E-state index >= 15 is 0 Å². The zero-order valence-corrected chi connectivity index (χ0v) is 18.9. The number of esters is 1. The molecule has 0 saturated heterocycles. The Hall–Kier alpha value is -3.65. The summed E-state index contributed by atoms with van der Waals surface area (Å²) in [5.74, 6) is -0.481. The van der Waals surface area contributed by atoms with E-state index in [4.69, 9.17) is 9.47 Å². The van der Waals surface area contributed by atoms with Crippen LogP contribution < -0.4 is 10.3 Å². The molecule has 0 fully saturated rings. The van der Waals surface area contributed by atoms with Gasteiger partial charge in [0.25, 0.3) is 5.56 Å². The number of benzene rings is 2. The zero-order valence-electron chi connectivity index (χ0n) is 17.3. The number of carbonyl (C=O) groups excluding carboxylic acids is 1. The first kappa shape index (κ1) is 21.6. The van der Waals surface area contributed by atoms with Crippen molar-refractivity contribution in [3.05, 3.63) is 86.9 Å². The number of methoxy groups -OCH3 is 2. The van der Waals surface area contributed by atoms with E-state index in [1.807, 2.05) is 30.3 Å². The Morgan fingerprint density at radius 2 is 1.78 bits per heavy atom. The van der Waals surface area contributed by atoms with Crippen molar-refractivity contribution in [1.29, 1.82) is 0 Å². The summed E-state index contributed by atoms with van der Waals surface area (Å²) < 4.78 is 11.7. The van der Waals surface area contributed by atoms with Gasteiger partial charge in [0.15, 0.2) is 11.4 Å². The molecule has 0 aliphatic heterocycles. The largest absolute Gasteiger partial charge is 0.505 e. The van der Waals surface area contributed by atoms with E-state index in [-0.39, 0.29) is 28.2 Å². The molecule has 0 unspecified atom stereocenters. The number of carbonyl (C=O) groups is 1. The Labute approximate surface area is 192 Å². The Morgan fingerprint density at radius 1 is 1.09 bits per heavy atom. The van der Waals surface area contributed by atoms with Gasteiger partial charge in [0.2, 0.25) is 0 Å². The molecule has 0 radical (unpaired) electrons. The zero-order chi connectivity index (χ0) is 22.8. The van der Waals surface area contributed by atoms with E-state index in [2.05, 4.69) is 20.9 Å². The molecule has 7 nitrogen and oxygen atoms in total. The van der Waals surface area contributed by atoms with Crippen LogP contribution in [0.5, 0.6) is 11.5 Å². The van der Waals surface area contributed by atoms with Crippen molar-refractivity contribution in [3.63, 3.8) is 0 Å². The number of aromatic nitrogens is 2. The first-order chi connectivity index (χ1) is 15.4.